The minimum atomic E-state index is 0.674. The first-order chi connectivity index (χ1) is 53.5. The lowest BCUT2D eigenvalue weighted by atomic mass is 9.85. The topological polar surface area (TPSA) is 90.2 Å². The Morgan fingerprint density at radius 1 is 0.241 bits per heavy atom. The lowest BCUT2D eigenvalue weighted by molar-refractivity contribution is 1.03. The Hall–Kier alpha value is -14.3. The molecule has 14 aromatic carbocycles. The van der Waals surface area contributed by atoms with Gasteiger partial charge < -0.3 is 0 Å². The van der Waals surface area contributed by atoms with Gasteiger partial charge in [-0.3, -0.25) is 15.0 Å². The lowest BCUT2D eigenvalue weighted by Gasteiger charge is -2.18. The molecule has 0 atom stereocenters. The Bertz CT molecular complexity index is 6630. The van der Waals surface area contributed by atoms with Gasteiger partial charge >= 0.3 is 0 Å². The van der Waals surface area contributed by atoms with Crippen LogP contribution in [-0.4, -0.2) is 34.9 Å². The third kappa shape index (κ3) is 12.4. The molecule has 0 N–H and O–H groups in total. The fraction of sp³-hybridized carbons (Fsp3) is 0.0198. The van der Waals surface area contributed by atoms with E-state index < -0.39 is 0 Å². The summed E-state index contributed by atoms with van der Waals surface area (Å²) >= 11 is 0. The van der Waals surface area contributed by atoms with Crippen LogP contribution < -0.4 is 0 Å². The molecule has 7 heteroatoms. The second-order valence-corrected chi connectivity index (χ2v) is 27.4. The molecule has 0 radical (unpaired) electrons. The van der Waals surface area contributed by atoms with Crippen molar-refractivity contribution in [1.29, 1.82) is 0 Å². The van der Waals surface area contributed by atoms with Crippen LogP contribution in [0.2, 0.25) is 0 Å². The van der Waals surface area contributed by atoms with Crippen LogP contribution >= 0.6 is 0 Å². The van der Waals surface area contributed by atoms with Crippen molar-refractivity contribution in [3.8, 4) is 123 Å². The molecule has 0 fully saturated rings. The summed E-state index contributed by atoms with van der Waals surface area (Å²) in [6.07, 6.45) is 17.9. The lowest BCUT2D eigenvalue weighted by Crippen LogP contribution is -2.00. The van der Waals surface area contributed by atoms with Gasteiger partial charge in [0.25, 0.3) is 0 Å². The average Bonchev–Trinajstić information content (AvgIpc) is 0.738. The summed E-state index contributed by atoms with van der Waals surface area (Å²) in [6, 6.07) is 118. The second kappa shape index (κ2) is 28.4. The molecule has 506 valence electrons. The summed E-state index contributed by atoms with van der Waals surface area (Å²) in [7, 11) is 0. The molecule has 5 heterocycles. The van der Waals surface area contributed by atoms with Gasteiger partial charge in [0.15, 0.2) is 11.6 Å². The molecule has 1 aliphatic carbocycles. The van der Waals surface area contributed by atoms with E-state index in [-0.39, 0.29) is 0 Å². The van der Waals surface area contributed by atoms with Gasteiger partial charge in [-0.05, 0) is 183 Å². The fourth-order valence-corrected chi connectivity index (χ4v) is 15.7. The first-order valence-corrected chi connectivity index (χ1v) is 36.7. The van der Waals surface area contributed by atoms with Crippen LogP contribution in [0.3, 0.4) is 0 Å². The monoisotopic (exact) mass is 1380 g/mol. The normalized spacial score (nSPS) is 12.0. The number of allylic oxidation sites excluding steroid dienone is 4. The summed E-state index contributed by atoms with van der Waals surface area (Å²) in [4.78, 5) is 34.8. The highest BCUT2D eigenvalue weighted by Gasteiger charge is 2.23. The van der Waals surface area contributed by atoms with Crippen LogP contribution in [0, 0.1) is 0 Å². The molecule has 7 nitrogen and oxygen atoms in total. The van der Waals surface area contributed by atoms with Crippen molar-refractivity contribution >= 4 is 70.3 Å². The zero-order valence-electron chi connectivity index (χ0n) is 58.9. The quantitative estimate of drug-likeness (QED) is 0.113. The standard InChI is InChI=1S/C51H33N3.C50H34N4/c1-2-15-35(16-3-1)49-43-23-8-10-25-45(43)50(46-26-11-9-24-44(46)49)38-18-12-19-39(31-38)51-53-47(37-28-27-34-14-4-5-17-36(34)30-37)32-48(54-51)42-22-7-6-21-41(42)40-20-13-29-52-33-40;1-2-13-33(14-3-1)46-30-47(36-17-10-16-34(27-36)39-20-12-26-51-31-39)54-50(53-46)38-19-11-18-37(29-38)48-41-21-5-7-23-43(41)49(44-24-8-6-22-42(44)48)40-28-35-15-4-9-25-45(35)52-32-40/h1-33H;1-2,4-13,15-32H,3,14H2. The predicted molar refractivity (Wildman–Crippen MR) is 449 cm³/mol. The molecule has 0 bridgehead atoms. The van der Waals surface area contributed by atoms with Gasteiger partial charge in [-0.15, -0.1) is 0 Å². The van der Waals surface area contributed by atoms with E-state index in [1.165, 1.54) is 87.3 Å². The van der Waals surface area contributed by atoms with E-state index in [4.69, 9.17) is 24.9 Å². The smallest absolute Gasteiger partial charge is 0.160 e. The predicted octanol–water partition coefficient (Wildman–Crippen LogP) is 26.1. The molecule has 5 aromatic heterocycles. The number of para-hydroxylation sites is 1. The summed E-state index contributed by atoms with van der Waals surface area (Å²) in [6.45, 7) is 0. The van der Waals surface area contributed by atoms with E-state index in [2.05, 4.69) is 344 Å². The van der Waals surface area contributed by atoms with E-state index in [0.29, 0.717) is 11.6 Å². The minimum absolute atomic E-state index is 0.674. The largest absolute Gasteiger partial charge is 0.264 e. The van der Waals surface area contributed by atoms with Crippen molar-refractivity contribution in [3.63, 3.8) is 0 Å². The first kappa shape index (κ1) is 64.6. The highest BCUT2D eigenvalue weighted by Crippen LogP contribution is 2.47. The van der Waals surface area contributed by atoms with Gasteiger partial charge in [-0.1, -0.05) is 291 Å². The molecule has 19 aromatic rings. The number of pyridine rings is 3. The van der Waals surface area contributed by atoms with Crippen LogP contribution in [0.1, 0.15) is 18.5 Å². The number of nitrogens with zero attached hydrogens (tertiary/aromatic N) is 7. The van der Waals surface area contributed by atoms with Crippen LogP contribution in [0.4, 0.5) is 0 Å². The molecule has 0 saturated carbocycles. The van der Waals surface area contributed by atoms with Gasteiger partial charge in [0.2, 0.25) is 0 Å². The second-order valence-electron chi connectivity index (χ2n) is 27.4. The summed E-state index contributed by atoms with van der Waals surface area (Å²) in [5.74, 6) is 1.38. The Balaban J connectivity index is 0.000000147. The molecule has 0 unspecified atom stereocenters. The van der Waals surface area contributed by atoms with Gasteiger partial charge in [-0.2, -0.15) is 0 Å². The molecular weight excluding hydrogens is 1310 g/mol. The Morgan fingerprint density at radius 2 is 0.667 bits per heavy atom. The number of benzene rings is 14. The Kier molecular flexibility index (Phi) is 17.0. The van der Waals surface area contributed by atoms with Gasteiger partial charge in [0.1, 0.15) is 0 Å². The summed E-state index contributed by atoms with van der Waals surface area (Å²) in [5.41, 5.74) is 24.5. The molecular formula is C101H67N7. The molecule has 0 aliphatic heterocycles. The SMILES string of the molecule is C1=CCCC(c2cc(-c3cccc(-c4cccnc4)c3)nc(-c3cccc(-c4c5ccccc5c(-c5cnc6ccccc6c5)c5ccccc45)c3)n2)=C1.c1ccc(-c2c3ccccc3c(-c3cccc(-c4nc(-c5ccc6ccccc6c5)cc(-c5ccccc5-c5cccnc5)n4)c3)c3ccccc23)cc1. The van der Waals surface area contributed by atoms with Crippen molar-refractivity contribution in [2.24, 2.45) is 0 Å². The minimum Gasteiger partial charge on any atom is -0.264 e. The van der Waals surface area contributed by atoms with Gasteiger partial charge in [0.05, 0.1) is 28.3 Å². The highest BCUT2D eigenvalue weighted by molar-refractivity contribution is 6.23. The van der Waals surface area contributed by atoms with Gasteiger partial charge in [0, 0.05) is 80.9 Å². The number of fused-ring (bicyclic) bond motifs is 6. The Morgan fingerprint density at radius 3 is 1.25 bits per heavy atom. The molecule has 1 aliphatic rings. The summed E-state index contributed by atoms with van der Waals surface area (Å²) < 4.78 is 0. The van der Waals surface area contributed by atoms with Crippen LogP contribution in [-0.2, 0) is 0 Å². The number of rotatable bonds is 12. The summed E-state index contributed by atoms with van der Waals surface area (Å²) in [5, 5.41) is 13.2. The van der Waals surface area contributed by atoms with Crippen molar-refractivity contribution in [3.05, 3.63) is 389 Å². The van der Waals surface area contributed by atoms with Gasteiger partial charge in [-0.25, -0.2) is 19.9 Å². The molecule has 0 saturated heterocycles. The van der Waals surface area contributed by atoms with Crippen molar-refractivity contribution in [2.75, 3.05) is 0 Å². The van der Waals surface area contributed by atoms with Crippen LogP contribution in [0.5, 0.6) is 0 Å². The highest BCUT2D eigenvalue weighted by atomic mass is 14.9. The van der Waals surface area contributed by atoms with Crippen molar-refractivity contribution < 1.29 is 0 Å². The number of hydrogen-bond acceptors (Lipinski definition) is 7. The van der Waals surface area contributed by atoms with E-state index in [9.17, 15) is 0 Å². The number of hydrogen-bond donors (Lipinski definition) is 0. The van der Waals surface area contributed by atoms with Crippen molar-refractivity contribution in [1.82, 2.24) is 34.9 Å². The first-order valence-electron chi connectivity index (χ1n) is 36.7. The van der Waals surface area contributed by atoms with E-state index in [0.717, 1.165) is 113 Å². The Labute approximate surface area is 626 Å². The molecule has 0 spiro atoms. The van der Waals surface area contributed by atoms with Crippen molar-refractivity contribution in [2.45, 2.75) is 12.8 Å². The molecule has 108 heavy (non-hydrogen) atoms. The maximum Gasteiger partial charge on any atom is 0.160 e. The third-order valence-corrected chi connectivity index (χ3v) is 20.8. The number of aromatic nitrogens is 7. The molecule has 0 amide bonds. The van der Waals surface area contributed by atoms with Crippen LogP contribution in [0.25, 0.3) is 194 Å². The zero-order chi connectivity index (χ0) is 71.7. The average molecular weight is 1380 g/mol. The molecule has 20 rings (SSSR count). The third-order valence-electron chi connectivity index (χ3n) is 20.8. The fourth-order valence-electron chi connectivity index (χ4n) is 15.7. The maximum atomic E-state index is 5.33. The maximum absolute atomic E-state index is 5.33. The zero-order valence-corrected chi connectivity index (χ0v) is 58.9. The van der Waals surface area contributed by atoms with Crippen LogP contribution in [0.15, 0.2) is 383 Å². The van der Waals surface area contributed by atoms with E-state index in [1.807, 2.05) is 36.8 Å². The van der Waals surface area contributed by atoms with E-state index in [1.54, 1.807) is 12.4 Å². The van der Waals surface area contributed by atoms with E-state index >= 15 is 0 Å².